The molecule has 4 nitrogen and oxygen atoms in total. The second kappa shape index (κ2) is 10.9. The highest BCUT2D eigenvalue weighted by molar-refractivity contribution is 5.78. The lowest BCUT2D eigenvalue weighted by Crippen LogP contribution is -2.61. The van der Waals surface area contributed by atoms with Gasteiger partial charge in [0.15, 0.2) is 6.61 Å². The van der Waals surface area contributed by atoms with Crippen LogP contribution in [0.5, 0.6) is 0 Å². The van der Waals surface area contributed by atoms with Crippen LogP contribution in [-0.2, 0) is 19.1 Å². The Morgan fingerprint density at radius 1 is 0.765 bits per heavy atom. The lowest BCUT2D eigenvalue weighted by molar-refractivity contribution is -0.397. The first kappa shape index (κ1) is 32.3. The minimum absolute atomic E-state index is 0.258. The number of halogens is 9. The van der Waals surface area contributed by atoms with E-state index in [9.17, 15) is 49.1 Å². The predicted octanol–water partition coefficient (Wildman–Crippen LogP) is 6.81. The molecule has 0 aliphatic heterocycles. The van der Waals surface area contributed by atoms with Gasteiger partial charge < -0.3 is 9.47 Å². The predicted molar refractivity (Wildman–Crippen MR) is 104 cm³/mol. The highest BCUT2D eigenvalue weighted by Crippen LogP contribution is 2.54. The first-order chi connectivity index (χ1) is 15.0. The van der Waals surface area contributed by atoms with Gasteiger partial charge in [0.25, 0.3) is 0 Å². The van der Waals surface area contributed by atoms with E-state index < -0.39 is 66.8 Å². The normalized spacial score (nSPS) is 15.1. The Hall–Kier alpha value is -1.69. The van der Waals surface area contributed by atoms with Crippen LogP contribution in [-0.4, -0.2) is 49.1 Å². The van der Waals surface area contributed by atoms with Crippen LogP contribution in [0.3, 0.4) is 0 Å². The maximum atomic E-state index is 13.5. The van der Waals surface area contributed by atoms with Crippen molar-refractivity contribution in [1.82, 2.24) is 0 Å². The van der Waals surface area contributed by atoms with Crippen molar-refractivity contribution in [3.8, 4) is 0 Å². The average molecular weight is 518 g/mol. The Bertz CT molecular complexity index is 701. The van der Waals surface area contributed by atoms with Crippen molar-refractivity contribution in [3.63, 3.8) is 0 Å². The van der Waals surface area contributed by atoms with E-state index in [4.69, 9.17) is 4.74 Å². The molecule has 1 unspecified atom stereocenters. The van der Waals surface area contributed by atoms with Crippen LogP contribution < -0.4 is 0 Å². The monoisotopic (exact) mass is 518 g/mol. The largest absolute Gasteiger partial charge is 0.463 e. The van der Waals surface area contributed by atoms with Gasteiger partial charge in [0.2, 0.25) is 0 Å². The minimum atomic E-state index is -7.02. The minimum Gasteiger partial charge on any atom is -0.463 e. The first-order valence-corrected chi connectivity index (χ1v) is 10.5. The van der Waals surface area contributed by atoms with Crippen LogP contribution in [0.25, 0.3) is 0 Å². The zero-order valence-electron chi connectivity index (χ0n) is 19.9. The summed E-state index contributed by atoms with van der Waals surface area (Å²) in [5.74, 6) is -22.6. The standard InChI is InChI=1S/C21H31F9O4/c1-7-16(3,4)11-13(17(5,6)8-2)15(32)34-12-14(31)33-10-9-18(22,23)19(24,25)20(26,27)21(28,29)30/h13H,7-12H2,1-6H3. The third-order valence-electron chi connectivity index (χ3n) is 6.07. The number of hydrogen-bond acceptors (Lipinski definition) is 4. The number of esters is 2. The number of hydrogen-bond donors (Lipinski definition) is 0. The molecule has 0 aromatic rings. The Kier molecular flexibility index (Phi) is 10.4. The highest BCUT2D eigenvalue weighted by atomic mass is 19.4. The molecule has 0 aromatic heterocycles. The summed E-state index contributed by atoms with van der Waals surface area (Å²) in [6.45, 7) is 8.53. The maximum absolute atomic E-state index is 13.5. The smallest absolute Gasteiger partial charge is 0.460 e. The molecular weight excluding hydrogens is 487 g/mol. The molecule has 0 saturated carbocycles. The fraction of sp³-hybridized carbons (Fsp3) is 0.905. The molecular formula is C21H31F9O4. The number of carbonyl (C=O) groups is 2. The van der Waals surface area contributed by atoms with Gasteiger partial charge in [-0.3, -0.25) is 4.79 Å². The van der Waals surface area contributed by atoms with Gasteiger partial charge in [-0.1, -0.05) is 54.4 Å². The van der Waals surface area contributed by atoms with E-state index >= 15 is 0 Å². The summed E-state index contributed by atoms with van der Waals surface area (Å²) in [5, 5.41) is 0. The third-order valence-corrected chi connectivity index (χ3v) is 6.07. The van der Waals surface area contributed by atoms with Gasteiger partial charge in [-0.15, -0.1) is 0 Å². The molecule has 0 bridgehead atoms. The van der Waals surface area contributed by atoms with E-state index in [1.807, 2.05) is 41.5 Å². The van der Waals surface area contributed by atoms with Crippen LogP contribution >= 0.6 is 0 Å². The van der Waals surface area contributed by atoms with Crippen molar-refractivity contribution in [3.05, 3.63) is 0 Å². The molecule has 0 heterocycles. The van der Waals surface area contributed by atoms with Crippen molar-refractivity contribution in [2.75, 3.05) is 13.2 Å². The van der Waals surface area contributed by atoms with Crippen LogP contribution in [0.15, 0.2) is 0 Å². The number of carbonyl (C=O) groups excluding carboxylic acids is 2. The van der Waals surface area contributed by atoms with Crippen LogP contribution in [0.4, 0.5) is 39.5 Å². The number of alkyl halides is 9. The summed E-state index contributed by atoms with van der Waals surface area (Å²) in [7, 11) is 0. The zero-order valence-corrected chi connectivity index (χ0v) is 19.9. The second-order valence-corrected chi connectivity index (χ2v) is 9.55. The quantitative estimate of drug-likeness (QED) is 0.199. The summed E-state index contributed by atoms with van der Waals surface area (Å²) in [6.07, 6.45) is -7.55. The van der Waals surface area contributed by atoms with E-state index in [1.54, 1.807) is 0 Å². The summed E-state index contributed by atoms with van der Waals surface area (Å²) in [4.78, 5) is 24.2. The van der Waals surface area contributed by atoms with Crippen molar-refractivity contribution in [1.29, 1.82) is 0 Å². The molecule has 0 N–H and O–H groups in total. The average Bonchev–Trinajstić information content (AvgIpc) is 2.68. The van der Waals surface area contributed by atoms with Gasteiger partial charge in [-0.2, -0.15) is 39.5 Å². The molecule has 0 aliphatic carbocycles. The van der Waals surface area contributed by atoms with Gasteiger partial charge in [0, 0.05) is 0 Å². The lowest BCUT2D eigenvalue weighted by Gasteiger charge is -2.37. The van der Waals surface area contributed by atoms with Crippen LogP contribution in [0, 0.1) is 16.7 Å². The molecule has 0 amide bonds. The second-order valence-electron chi connectivity index (χ2n) is 9.55. The van der Waals surface area contributed by atoms with Crippen molar-refractivity contribution < 1.29 is 58.6 Å². The molecule has 0 aliphatic rings. The van der Waals surface area contributed by atoms with Gasteiger partial charge >= 0.3 is 35.9 Å². The van der Waals surface area contributed by atoms with E-state index in [0.717, 1.165) is 6.42 Å². The first-order valence-electron chi connectivity index (χ1n) is 10.5. The molecule has 0 spiro atoms. The number of ether oxygens (including phenoxy) is 2. The van der Waals surface area contributed by atoms with E-state index in [-0.39, 0.29) is 5.41 Å². The molecule has 202 valence electrons. The Balaban J connectivity index is 5.06. The maximum Gasteiger partial charge on any atom is 0.460 e. The van der Waals surface area contributed by atoms with Gasteiger partial charge in [0.05, 0.1) is 18.9 Å². The summed E-state index contributed by atoms with van der Waals surface area (Å²) < 4.78 is 124. The zero-order chi connectivity index (χ0) is 27.4. The van der Waals surface area contributed by atoms with E-state index in [2.05, 4.69) is 4.74 Å². The van der Waals surface area contributed by atoms with Crippen molar-refractivity contribution in [2.24, 2.45) is 16.7 Å². The Morgan fingerprint density at radius 2 is 1.26 bits per heavy atom. The summed E-state index contributed by atoms with van der Waals surface area (Å²) in [5.41, 5.74) is -0.795. The Labute approximate surface area is 192 Å². The molecule has 0 aromatic carbocycles. The summed E-state index contributed by atoms with van der Waals surface area (Å²) in [6, 6.07) is 0. The molecule has 0 radical (unpaired) electrons. The van der Waals surface area contributed by atoms with Gasteiger partial charge in [-0.05, 0) is 17.3 Å². The fourth-order valence-electron chi connectivity index (χ4n) is 2.75. The van der Waals surface area contributed by atoms with Gasteiger partial charge in [-0.25, -0.2) is 4.79 Å². The van der Waals surface area contributed by atoms with Crippen LogP contribution in [0.1, 0.15) is 67.2 Å². The van der Waals surface area contributed by atoms with E-state index in [0.29, 0.717) is 12.8 Å². The van der Waals surface area contributed by atoms with Crippen LogP contribution in [0.2, 0.25) is 0 Å². The SMILES string of the molecule is CCC(C)(C)CC(C(=O)OCC(=O)OCCC(F)(F)C(F)(F)C(F)(F)C(F)(F)F)C(C)(C)CC. The summed E-state index contributed by atoms with van der Waals surface area (Å²) >= 11 is 0. The lowest BCUT2D eigenvalue weighted by atomic mass is 9.68. The highest BCUT2D eigenvalue weighted by Gasteiger charge is 2.81. The van der Waals surface area contributed by atoms with Crippen molar-refractivity contribution >= 4 is 11.9 Å². The molecule has 34 heavy (non-hydrogen) atoms. The topological polar surface area (TPSA) is 52.6 Å². The van der Waals surface area contributed by atoms with Gasteiger partial charge in [0.1, 0.15) is 0 Å². The Morgan fingerprint density at radius 3 is 1.68 bits per heavy atom. The fourth-order valence-corrected chi connectivity index (χ4v) is 2.75. The molecule has 0 rings (SSSR count). The van der Waals surface area contributed by atoms with Crippen molar-refractivity contribution in [2.45, 2.75) is 91.2 Å². The van der Waals surface area contributed by atoms with E-state index in [1.165, 1.54) is 0 Å². The number of rotatable bonds is 13. The molecule has 13 heteroatoms. The molecule has 0 fully saturated rings. The molecule has 0 saturated heterocycles. The third kappa shape index (κ3) is 7.66. The molecule has 1 atom stereocenters.